The van der Waals surface area contributed by atoms with Crippen molar-refractivity contribution >= 4 is 0 Å². The lowest BCUT2D eigenvalue weighted by Crippen LogP contribution is -2.27. The Labute approximate surface area is 167 Å². The van der Waals surface area contributed by atoms with Crippen molar-refractivity contribution < 1.29 is 0 Å². The van der Waals surface area contributed by atoms with Gasteiger partial charge >= 0.3 is 0 Å². The van der Waals surface area contributed by atoms with Crippen LogP contribution in [0.5, 0.6) is 0 Å². The van der Waals surface area contributed by atoms with E-state index in [0.29, 0.717) is 0 Å². The third-order valence-electron chi connectivity index (χ3n) is 5.73. The molecule has 0 fully saturated rings. The normalized spacial score (nSPS) is 11.5. The molecule has 0 amide bonds. The van der Waals surface area contributed by atoms with Gasteiger partial charge in [0.1, 0.15) is 0 Å². The van der Waals surface area contributed by atoms with Gasteiger partial charge in [-0.3, -0.25) is 0 Å². The number of nitrogens with zero attached hydrogens (tertiary/aromatic N) is 1. The third-order valence-corrected chi connectivity index (χ3v) is 5.73. The standard InChI is InChI=1S/C25H53N/c1-4-7-10-13-16-19-22-25-26(23-20-17-14-11-8-5-2)24-21-18-15-12-9-6-3/h4-25H2,1-3H3. The molecule has 0 unspecified atom stereocenters. The van der Waals surface area contributed by atoms with Crippen molar-refractivity contribution in [1.29, 1.82) is 0 Å². The van der Waals surface area contributed by atoms with E-state index in [1.807, 2.05) is 0 Å². The summed E-state index contributed by atoms with van der Waals surface area (Å²) in [4.78, 5) is 2.80. The van der Waals surface area contributed by atoms with Gasteiger partial charge in [-0.2, -0.15) is 0 Å². The summed E-state index contributed by atoms with van der Waals surface area (Å²) in [5.74, 6) is 0. The zero-order valence-electron chi connectivity index (χ0n) is 19.0. The summed E-state index contributed by atoms with van der Waals surface area (Å²) in [5.41, 5.74) is 0. The number of hydrogen-bond donors (Lipinski definition) is 0. The highest BCUT2D eigenvalue weighted by Crippen LogP contribution is 2.11. The second-order valence-corrected chi connectivity index (χ2v) is 8.50. The first-order valence-corrected chi connectivity index (χ1v) is 12.6. The fourth-order valence-corrected chi connectivity index (χ4v) is 3.86. The van der Waals surface area contributed by atoms with Crippen molar-refractivity contribution in [2.75, 3.05) is 19.6 Å². The maximum absolute atomic E-state index is 2.80. The predicted molar refractivity (Wildman–Crippen MR) is 121 cm³/mol. The van der Waals surface area contributed by atoms with E-state index in [1.165, 1.54) is 142 Å². The molecule has 0 saturated carbocycles. The highest BCUT2D eigenvalue weighted by Gasteiger charge is 2.05. The first-order chi connectivity index (χ1) is 12.8. The van der Waals surface area contributed by atoms with Gasteiger partial charge in [-0.15, -0.1) is 0 Å². The minimum absolute atomic E-state index is 1.36. The Balaban J connectivity index is 3.77. The maximum atomic E-state index is 2.80. The number of hydrogen-bond acceptors (Lipinski definition) is 1. The topological polar surface area (TPSA) is 3.24 Å². The summed E-state index contributed by atoms with van der Waals surface area (Å²) in [6, 6.07) is 0. The van der Waals surface area contributed by atoms with Gasteiger partial charge in [0.15, 0.2) is 0 Å². The van der Waals surface area contributed by atoms with E-state index in [0.717, 1.165) is 0 Å². The first-order valence-electron chi connectivity index (χ1n) is 12.6. The fourth-order valence-electron chi connectivity index (χ4n) is 3.86. The molecule has 0 aromatic rings. The van der Waals surface area contributed by atoms with Crippen molar-refractivity contribution in [3.63, 3.8) is 0 Å². The van der Waals surface area contributed by atoms with Gasteiger partial charge in [-0.1, -0.05) is 124 Å². The van der Waals surface area contributed by atoms with Crippen molar-refractivity contribution in [2.45, 2.75) is 143 Å². The zero-order chi connectivity index (χ0) is 19.1. The molecule has 0 saturated heterocycles. The minimum Gasteiger partial charge on any atom is -0.303 e. The largest absolute Gasteiger partial charge is 0.303 e. The van der Waals surface area contributed by atoms with E-state index in [4.69, 9.17) is 0 Å². The van der Waals surface area contributed by atoms with E-state index < -0.39 is 0 Å². The Bertz CT molecular complexity index is 222. The van der Waals surface area contributed by atoms with Crippen LogP contribution < -0.4 is 0 Å². The summed E-state index contributed by atoms with van der Waals surface area (Å²) in [7, 11) is 0. The van der Waals surface area contributed by atoms with Gasteiger partial charge < -0.3 is 4.90 Å². The van der Waals surface area contributed by atoms with Crippen molar-refractivity contribution in [3.05, 3.63) is 0 Å². The van der Waals surface area contributed by atoms with E-state index in [-0.39, 0.29) is 0 Å². The molecule has 0 radical (unpaired) electrons. The van der Waals surface area contributed by atoms with E-state index in [9.17, 15) is 0 Å². The summed E-state index contributed by atoms with van der Waals surface area (Å²) >= 11 is 0. The van der Waals surface area contributed by atoms with Crippen LogP contribution in [0.3, 0.4) is 0 Å². The summed E-state index contributed by atoms with van der Waals surface area (Å²) in [5, 5.41) is 0. The van der Waals surface area contributed by atoms with Crippen LogP contribution in [0.25, 0.3) is 0 Å². The molecule has 0 spiro atoms. The Morgan fingerprint density at radius 3 is 0.808 bits per heavy atom. The molecule has 0 heterocycles. The lowest BCUT2D eigenvalue weighted by molar-refractivity contribution is 0.254. The van der Waals surface area contributed by atoms with Crippen LogP contribution in [0.2, 0.25) is 0 Å². The lowest BCUT2D eigenvalue weighted by Gasteiger charge is -2.22. The fraction of sp³-hybridized carbons (Fsp3) is 1.00. The molecular weight excluding hydrogens is 314 g/mol. The Morgan fingerprint density at radius 2 is 0.538 bits per heavy atom. The summed E-state index contributed by atoms with van der Waals surface area (Å²) < 4.78 is 0. The molecule has 1 heteroatoms. The molecule has 0 aliphatic carbocycles. The molecule has 0 N–H and O–H groups in total. The molecule has 0 atom stereocenters. The van der Waals surface area contributed by atoms with Crippen molar-refractivity contribution in [1.82, 2.24) is 4.90 Å². The zero-order valence-corrected chi connectivity index (χ0v) is 19.0. The van der Waals surface area contributed by atoms with Crippen LogP contribution in [-0.4, -0.2) is 24.5 Å². The van der Waals surface area contributed by atoms with Crippen LogP contribution in [0.4, 0.5) is 0 Å². The van der Waals surface area contributed by atoms with E-state index in [2.05, 4.69) is 25.7 Å². The molecule has 0 bridgehead atoms. The quantitative estimate of drug-likeness (QED) is 0.173. The van der Waals surface area contributed by atoms with Crippen LogP contribution in [-0.2, 0) is 0 Å². The third kappa shape index (κ3) is 20.3. The van der Waals surface area contributed by atoms with Crippen LogP contribution in [0.15, 0.2) is 0 Å². The van der Waals surface area contributed by atoms with E-state index >= 15 is 0 Å². The van der Waals surface area contributed by atoms with Gasteiger partial charge in [0, 0.05) is 0 Å². The highest BCUT2D eigenvalue weighted by molar-refractivity contribution is 4.60. The van der Waals surface area contributed by atoms with Gasteiger partial charge in [0.05, 0.1) is 0 Å². The Hall–Kier alpha value is -0.0400. The van der Waals surface area contributed by atoms with Crippen LogP contribution in [0.1, 0.15) is 143 Å². The molecule has 0 aromatic heterocycles. The van der Waals surface area contributed by atoms with Crippen molar-refractivity contribution in [2.24, 2.45) is 0 Å². The molecular formula is C25H53N. The molecule has 1 nitrogen and oxygen atoms in total. The van der Waals surface area contributed by atoms with Gasteiger partial charge in [-0.25, -0.2) is 0 Å². The van der Waals surface area contributed by atoms with Gasteiger partial charge in [-0.05, 0) is 38.9 Å². The maximum Gasteiger partial charge on any atom is -0.00187 e. The second kappa shape index (κ2) is 23.0. The molecule has 26 heavy (non-hydrogen) atoms. The molecule has 0 aromatic carbocycles. The van der Waals surface area contributed by atoms with Gasteiger partial charge in [0.2, 0.25) is 0 Å². The first kappa shape index (κ1) is 26.0. The Kier molecular flexibility index (Phi) is 23.0. The van der Waals surface area contributed by atoms with Crippen LogP contribution in [0, 0.1) is 0 Å². The molecule has 0 aliphatic heterocycles. The summed E-state index contributed by atoms with van der Waals surface area (Å²) in [6.45, 7) is 11.0. The number of rotatable bonds is 22. The average Bonchev–Trinajstić information content (AvgIpc) is 2.65. The number of unbranched alkanes of at least 4 members (excludes halogenated alkanes) is 16. The minimum atomic E-state index is 1.36. The van der Waals surface area contributed by atoms with Crippen LogP contribution >= 0.6 is 0 Å². The van der Waals surface area contributed by atoms with E-state index in [1.54, 1.807) is 0 Å². The summed E-state index contributed by atoms with van der Waals surface area (Å²) in [6.07, 6.45) is 27.2. The molecule has 0 rings (SSSR count). The predicted octanol–water partition coefficient (Wildman–Crippen LogP) is 8.76. The highest BCUT2D eigenvalue weighted by atomic mass is 15.1. The van der Waals surface area contributed by atoms with Gasteiger partial charge in [0.25, 0.3) is 0 Å². The average molecular weight is 368 g/mol. The smallest absolute Gasteiger partial charge is 0.00187 e. The molecule has 0 aliphatic rings. The van der Waals surface area contributed by atoms with Crippen molar-refractivity contribution in [3.8, 4) is 0 Å². The monoisotopic (exact) mass is 367 g/mol. The SMILES string of the molecule is CCCCCCCCCN(CCCCCCCC)CCCCCCCC. The molecule has 158 valence electrons. The second-order valence-electron chi connectivity index (χ2n) is 8.50. The Morgan fingerprint density at radius 1 is 0.308 bits per heavy atom. The lowest BCUT2D eigenvalue weighted by atomic mass is 10.1.